The molecule has 1 aromatic heterocycles. The largest absolute Gasteiger partial charge is 0.362 e. The number of hydrogen-bond acceptors (Lipinski definition) is 5. The van der Waals surface area contributed by atoms with Crippen LogP contribution in [0.5, 0.6) is 0 Å². The van der Waals surface area contributed by atoms with Gasteiger partial charge in [-0.15, -0.1) is 0 Å². The number of hydrogen-bond donors (Lipinski definition) is 2. The molecule has 2 atom stereocenters. The molecule has 1 aromatic carbocycles. The van der Waals surface area contributed by atoms with Crippen molar-refractivity contribution in [1.29, 1.82) is 0 Å². The van der Waals surface area contributed by atoms with Crippen LogP contribution in [0.1, 0.15) is 51.5 Å². The standard InChI is InChI=1S/C26H37FN6S/c1-19-6-4-14-32(17-19)23-16-24(33-15-5-7-20(2)18-33)30-25(29-23)31-26(34)28-13-3-8-21-9-11-22(27)12-10-21/h9-12,16,19-20H,3-8,13-15,17-18H2,1-2H3,(H2,28,29,30,31,34)/t19-,20+. The van der Waals surface area contributed by atoms with E-state index in [1.54, 1.807) is 0 Å². The van der Waals surface area contributed by atoms with Crippen LogP contribution < -0.4 is 20.4 Å². The molecule has 2 saturated heterocycles. The minimum atomic E-state index is -0.202. The Hall–Kier alpha value is -2.48. The molecule has 0 spiro atoms. The van der Waals surface area contributed by atoms with Gasteiger partial charge in [0.05, 0.1) is 0 Å². The molecule has 4 rings (SSSR count). The van der Waals surface area contributed by atoms with Gasteiger partial charge in [0.15, 0.2) is 5.11 Å². The Morgan fingerprint density at radius 3 is 2.15 bits per heavy atom. The van der Waals surface area contributed by atoms with Gasteiger partial charge in [-0.3, -0.25) is 0 Å². The predicted molar refractivity (Wildman–Crippen MR) is 142 cm³/mol. The Morgan fingerprint density at radius 2 is 1.59 bits per heavy atom. The second-order valence-corrected chi connectivity index (χ2v) is 10.3. The van der Waals surface area contributed by atoms with Crippen molar-refractivity contribution in [2.45, 2.75) is 52.4 Å². The van der Waals surface area contributed by atoms with E-state index in [0.717, 1.165) is 62.8 Å². The summed E-state index contributed by atoms with van der Waals surface area (Å²) in [6.45, 7) is 9.46. The number of nitrogens with zero attached hydrogens (tertiary/aromatic N) is 4. The molecule has 6 nitrogen and oxygen atoms in total. The van der Waals surface area contributed by atoms with Gasteiger partial charge in [-0.25, -0.2) is 4.39 Å². The summed E-state index contributed by atoms with van der Waals surface area (Å²) in [4.78, 5) is 14.5. The number of benzene rings is 1. The van der Waals surface area contributed by atoms with E-state index >= 15 is 0 Å². The molecule has 2 aliphatic rings. The van der Waals surface area contributed by atoms with Gasteiger partial charge < -0.3 is 20.4 Å². The van der Waals surface area contributed by atoms with E-state index in [-0.39, 0.29) is 5.82 Å². The number of nitrogens with one attached hydrogen (secondary N) is 2. The average Bonchev–Trinajstić information content (AvgIpc) is 2.83. The lowest BCUT2D eigenvalue weighted by Gasteiger charge is -2.35. The fourth-order valence-corrected chi connectivity index (χ4v) is 5.08. The van der Waals surface area contributed by atoms with Crippen LogP contribution in [0.15, 0.2) is 30.3 Å². The summed E-state index contributed by atoms with van der Waals surface area (Å²) in [6, 6.07) is 8.82. The molecule has 0 amide bonds. The zero-order chi connectivity index (χ0) is 23.9. The van der Waals surface area contributed by atoms with Crippen molar-refractivity contribution in [3.8, 4) is 0 Å². The highest BCUT2D eigenvalue weighted by Gasteiger charge is 2.23. The van der Waals surface area contributed by atoms with Crippen LogP contribution in [0.3, 0.4) is 0 Å². The van der Waals surface area contributed by atoms with Crippen LogP contribution in [0.2, 0.25) is 0 Å². The minimum absolute atomic E-state index is 0.202. The second-order valence-electron chi connectivity index (χ2n) is 9.91. The molecular weight excluding hydrogens is 447 g/mol. The summed E-state index contributed by atoms with van der Waals surface area (Å²) in [5, 5.41) is 7.02. The lowest BCUT2D eigenvalue weighted by Crippen LogP contribution is -2.37. The Balaban J connectivity index is 1.39. The number of aryl methyl sites for hydroxylation is 1. The van der Waals surface area contributed by atoms with E-state index in [0.29, 0.717) is 22.9 Å². The number of anilines is 3. The summed E-state index contributed by atoms with van der Waals surface area (Å²) in [6.07, 6.45) is 6.70. The van der Waals surface area contributed by atoms with Crippen LogP contribution >= 0.6 is 12.2 Å². The zero-order valence-corrected chi connectivity index (χ0v) is 21.2. The third-order valence-electron chi connectivity index (χ3n) is 6.73. The van der Waals surface area contributed by atoms with Gasteiger partial charge in [-0.2, -0.15) is 9.97 Å². The monoisotopic (exact) mass is 484 g/mol. The Labute approximate surface area is 208 Å². The first-order valence-corrected chi connectivity index (χ1v) is 13.1. The molecule has 2 aromatic rings. The number of aromatic nitrogens is 2. The Morgan fingerprint density at radius 1 is 1.00 bits per heavy atom. The van der Waals surface area contributed by atoms with Crippen molar-refractivity contribution >= 4 is 34.9 Å². The molecule has 3 heterocycles. The fourth-order valence-electron chi connectivity index (χ4n) is 4.89. The van der Waals surface area contributed by atoms with Crippen molar-refractivity contribution in [2.75, 3.05) is 47.8 Å². The molecule has 0 unspecified atom stereocenters. The minimum Gasteiger partial charge on any atom is -0.362 e. The predicted octanol–water partition coefficient (Wildman–Crippen LogP) is 5.01. The second kappa shape index (κ2) is 11.8. The summed E-state index contributed by atoms with van der Waals surface area (Å²) in [5.41, 5.74) is 1.12. The highest BCUT2D eigenvalue weighted by atomic mass is 32.1. The summed E-state index contributed by atoms with van der Waals surface area (Å²) >= 11 is 5.54. The molecule has 0 saturated carbocycles. The maximum Gasteiger partial charge on any atom is 0.232 e. The van der Waals surface area contributed by atoms with Crippen LogP contribution in [0, 0.1) is 17.7 Å². The SMILES string of the molecule is C[C@@H]1CCCN(c2cc(N3CCC[C@H](C)C3)nc(NC(=S)NCCCc3ccc(F)cc3)n2)C1. The van der Waals surface area contributed by atoms with Gasteiger partial charge in [0.1, 0.15) is 17.5 Å². The van der Waals surface area contributed by atoms with Crippen molar-refractivity contribution in [1.82, 2.24) is 15.3 Å². The molecule has 0 bridgehead atoms. The van der Waals surface area contributed by atoms with E-state index in [2.05, 4.69) is 40.3 Å². The van der Waals surface area contributed by atoms with E-state index in [4.69, 9.17) is 22.2 Å². The van der Waals surface area contributed by atoms with Crippen molar-refractivity contribution in [2.24, 2.45) is 11.8 Å². The Kier molecular flexibility index (Phi) is 8.53. The number of thiocarbonyl (C=S) groups is 1. The highest BCUT2D eigenvalue weighted by molar-refractivity contribution is 7.80. The maximum absolute atomic E-state index is 13.1. The third kappa shape index (κ3) is 7.01. The van der Waals surface area contributed by atoms with Crippen LogP contribution in [-0.4, -0.2) is 47.8 Å². The molecule has 0 radical (unpaired) electrons. The number of rotatable bonds is 7. The van der Waals surface area contributed by atoms with Crippen molar-refractivity contribution in [3.63, 3.8) is 0 Å². The Bertz CT molecular complexity index is 913. The maximum atomic E-state index is 13.1. The van der Waals surface area contributed by atoms with Gasteiger partial charge in [-0.05, 0) is 80.3 Å². The molecule has 0 aliphatic carbocycles. The average molecular weight is 485 g/mol. The smallest absolute Gasteiger partial charge is 0.232 e. The van der Waals surface area contributed by atoms with E-state index in [1.165, 1.54) is 37.8 Å². The quantitative estimate of drug-likeness (QED) is 0.423. The first-order valence-electron chi connectivity index (χ1n) is 12.6. The number of halogens is 1. The summed E-state index contributed by atoms with van der Waals surface area (Å²) in [7, 11) is 0. The first kappa shape index (κ1) is 24.6. The normalized spacial score (nSPS) is 20.8. The lowest BCUT2D eigenvalue weighted by molar-refractivity contribution is 0.441. The van der Waals surface area contributed by atoms with Gasteiger partial charge in [0.2, 0.25) is 5.95 Å². The molecule has 2 N–H and O–H groups in total. The molecule has 2 aliphatic heterocycles. The van der Waals surface area contributed by atoms with Crippen LogP contribution in [0.25, 0.3) is 0 Å². The zero-order valence-electron chi connectivity index (χ0n) is 20.4. The summed E-state index contributed by atoms with van der Waals surface area (Å²) < 4.78 is 13.1. The number of piperidine rings is 2. The van der Waals surface area contributed by atoms with Gasteiger partial charge >= 0.3 is 0 Å². The van der Waals surface area contributed by atoms with Gasteiger partial charge in [0, 0.05) is 38.8 Å². The fraction of sp³-hybridized carbons (Fsp3) is 0.577. The molecule has 184 valence electrons. The molecule has 8 heteroatoms. The van der Waals surface area contributed by atoms with Crippen molar-refractivity contribution in [3.05, 3.63) is 41.7 Å². The molecule has 2 fully saturated rings. The summed E-state index contributed by atoms with van der Waals surface area (Å²) in [5.74, 6) is 3.66. The van der Waals surface area contributed by atoms with Crippen LogP contribution in [-0.2, 0) is 6.42 Å². The van der Waals surface area contributed by atoms with E-state index in [1.807, 2.05) is 12.1 Å². The van der Waals surface area contributed by atoms with Crippen LogP contribution in [0.4, 0.5) is 22.0 Å². The van der Waals surface area contributed by atoms with Gasteiger partial charge in [0.25, 0.3) is 0 Å². The lowest BCUT2D eigenvalue weighted by atomic mass is 10.00. The van der Waals surface area contributed by atoms with E-state index < -0.39 is 0 Å². The van der Waals surface area contributed by atoms with Crippen molar-refractivity contribution < 1.29 is 4.39 Å². The first-order chi connectivity index (χ1) is 16.5. The molecule has 34 heavy (non-hydrogen) atoms. The van der Waals surface area contributed by atoms with E-state index in [9.17, 15) is 4.39 Å². The van der Waals surface area contributed by atoms with Gasteiger partial charge in [-0.1, -0.05) is 26.0 Å². The third-order valence-corrected chi connectivity index (χ3v) is 6.97. The topological polar surface area (TPSA) is 56.3 Å². The molecular formula is C26H37FN6S. The highest BCUT2D eigenvalue weighted by Crippen LogP contribution is 2.28.